The fourth-order valence-electron chi connectivity index (χ4n) is 1.02. The molecule has 0 heterocycles. The molecule has 0 bridgehead atoms. The van der Waals surface area contributed by atoms with Gasteiger partial charge in [0.15, 0.2) is 0 Å². The fraction of sp³-hybridized carbons (Fsp3) is 0.714. The van der Waals surface area contributed by atoms with Gasteiger partial charge in [0.2, 0.25) is 0 Å². The standard InChI is InChI=1S/C11H17Si.3CH3.Sn/c1-6-12(4,5)10-8-7-9-11(2)3;;;;/h11H,7,9H2,2-5H3;3*1H3;. The van der Waals surface area contributed by atoms with Gasteiger partial charge in [-0.25, -0.2) is 0 Å². The Hall–Kier alpha value is 0.136. The molecular weight excluding hydrogens is 315 g/mol. The Morgan fingerprint density at radius 2 is 1.62 bits per heavy atom. The molecule has 0 aliphatic rings. The minimum atomic E-state index is -1.91. The molecule has 0 aromatic heterocycles. The van der Waals surface area contributed by atoms with Gasteiger partial charge in [-0.05, 0) is 0 Å². The van der Waals surface area contributed by atoms with Crippen molar-refractivity contribution in [3.63, 3.8) is 0 Å². The Balaban J connectivity index is 4.38. The molecule has 0 atom stereocenters. The predicted molar refractivity (Wildman–Crippen MR) is 80.5 cm³/mol. The first kappa shape index (κ1) is 16.1. The SMILES string of the molecule is CC(C)CCC#C[Si](C)(C)C#[C][Sn]([CH3])([CH3])[CH3]. The third kappa shape index (κ3) is 10.6. The molecule has 0 N–H and O–H groups in total. The molecule has 0 saturated carbocycles. The van der Waals surface area contributed by atoms with Gasteiger partial charge in [0.1, 0.15) is 0 Å². The molecule has 0 aromatic rings. The Bertz CT molecular complexity index is 326. The maximum atomic E-state index is 3.53. The Kier molecular flexibility index (Phi) is 6.83. The van der Waals surface area contributed by atoms with Crippen LogP contribution in [0, 0.1) is 26.9 Å². The molecule has 0 aliphatic heterocycles. The van der Waals surface area contributed by atoms with E-state index in [2.05, 4.69) is 62.7 Å². The van der Waals surface area contributed by atoms with Crippen molar-refractivity contribution in [2.45, 2.75) is 54.6 Å². The Morgan fingerprint density at radius 3 is 2.06 bits per heavy atom. The van der Waals surface area contributed by atoms with E-state index in [9.17, 15) is 0 Å². The summed E-state index contributed by atoms with van der Waals surface area (Å²) in [5.74, 6) is 4.09. The third-order valence-electron chi connectivity index (χ3n) is 2.00. The summed E-state index contributed by atoms with van der Waals surface area (Å²) in [5.41, 5.74) is 6.93. The molecule has 0 fully saturated rings. The number of rotatable bonds is 2. The van der Waals surface area contributed by atoms with Crippen LogP contribution in [0.1, 0.15) is 26.7 Å². The molecular formula is C14H26SiSn. The van der Waals surface area contributed by atoms with Crippen LogP contribution in [-0.2, 0) is 0 Å². The zero-order chi connectivity index (χ0) is 12.8. The first-order valence-electron chi connectivity index (χ1n) is 6.17. The summed E-state index contributed by atoms with van der Waals surface area (Å²) in [7, 11) is -1.55. The van der Waals surface area contributed by atoms with Gasteiger partial charge in [-0.3, -0.25) is 0 Å². The molecule has 0 aliphatic carbocycles. The van der Waals surface area contributed by atoms with E-state index in [1.54, 1.807) is 0 Å². The van der Waals surface area contributed by atoms with Crippen molar-refractivity contribution in [2.24, 2.45) is 5.92 Å². The zero-order valence-electron chi connectivity index (χ0n) is 12.0. The molecule has 0 saturated heterocycles. The van der Waals surface area contributed by atoms with E-state index in [1.165, 1.54) is 6.42 Å². The summed E-state index contributed by atoms with van der Waals surface area (Å²) in [6, 6.07) is 0. The Morgan fingerprint density at radius 1 is 1.06 bits per heavy atom. The average Bonchev–Trinajstić information content (AvgIpc) is 2.08. The summed E-state index contributed by atoms with van der Waals surface area (Å²) in [4.78, 5) is 7.08. The van der Waals surface area contributed by atoms with E-state index in [1.807, 2.05) is 0 Å². The molecule has 0 spiro atoms. The van der Waals surface area contributed by atoms with Gasteiger partial charge in [0.25, 0.3) is 0 Å². The second-order valence-corrected chi connectivity index (χ2v) is 23.7. The van der Waals surface area contributed by atoms with Gasteiger partial charge in [0, 0.05) is 0 Å². The normalized spacial score (nSPS) is 11.5. The first-order chi connectivity index (χ1) is 7.12. The van der Waals surface area contributed by atoms with E-state index >= 15 is 0 Å². The second-order valence-electron chi connectivity index (χ2n) is 6.36. The van der Waals surface area contributed by atoms with Gasteiger partial charge in [0.05, 0.1) is 0 Å². The topological polar surface area (TPSA) is 0 Å². The van der Waals surface area contributed by atoms with E-state index < -0.39 is 26.5 Å². The minimum absolute atomic E-state index is 0.760. The third-order valence-corrected chi connectivity index (χ3v) is 6.76. The fourth-order valence-corrected chi connectivity index (χ4v) is 8.22. The summed E-state index contributed by atoms with van der Waals surface area (Å²) >= 11 is -1.91. The van der Waals surface area contributed by atoms with Crippen LogP contribution in [0.5, 0.6) is 0 Å². The second kappa shape index (κ2) is 6.77. The van der Waals surface area contributed by atoms with Crippen molar-refractivity contribution in [3.05, 3.63) is 0 Å². The van der Waals surface area contributed by atoms with Gasteiger partial charge >= 0.3 is 108 Å². The quantitative estimate of drug-likeness (QED) is 0.524. The summed E-state index contributed by atoms with van der Waals surface area (Å²) < 4.78 is 3.53. The van der Waals surface area contributed by atoms with Crippen molar-refractivity contribution < 1.29 is 0 Å². The first-order valence-corrected chi connectivity index (χ1v) is 19.2. The van der Waals surface area contributed by atoms with Crippen molar-refractivity contribution in [1.82, 2.24) is 0 Å². The summed E-state index contributed by atoms with van der Waals surface area (Å²) in [5, 5.41) is 0. The van der Waals surface area contributed by atoms with Crippen molar-refractivity contribution in [3.8, 4) is 20.9 Å². The van der Waals surface area contributed by atoms with Crippen molar-refractivity contribution in [2.75, 3.05) is 0 Å². The molecule has 0 radical (unpaired) electrons. The molecule has 90 valence electrons. The molecule has 16 heavy (non-hydrogen) atoms. The van der Waals surface area contributed by atoms with Gasteiger partial charge < -0.3 is 0 Å². The van der Waals surface area contributed by atoms with Crippen LogP contribution in [0.3, 0.4) is 0 Å². The van der Waals surface area contributed by atoms with Crippen LogP contribution < -0.4 is 0 Å². The van der Waals surface area contributed by atoms with Crippen LogP contribution >= 0.6 is 0 Å². The number of hydrogen-bond donors (Lipinski definition) is 0. The summed E-state index contributed by atoms with van der Waals surface area (Å²) in [6.45, 7) is 9.02. The van der Waals surface area contributed by atoms with Crippen LogP contribution in [-0.4, -0.2) is 26.5 Å². The summed E-state index contributed by atoms with van der Waals surface area (Å²) in [6.07, 6.45) is 2.25. The molecule has 0 unspecified atom stereocenters. The van der Waals surface area contributed by atoms with Gasteiger partial charge in [-0.2, -0.15) is 0 Å². The van der Waals surface area contributed by atoms with E-state index in [-0.39, 0.29) is 0 Å². The van der Waals surface area contributed by atoms with E-state index in [4.69, 9.17) is 0 Å². The zero-order valence-corrected chi connectivity index (χ0v) is 15.8. The molecule has 0 nitrogen and oxygen atoms in total. The van der Waals surface area contributed by atoms with Crippen LogP contribution in [0.25, 0.3) is 0 Å². The van der Waals surface area contributed by atoms with E-state index in [0.717, 1.165) is 12.3 Å². The molecule has 2 heteroatoms. The predicted octanol–water partition coefficient (Wildman–Crippen LogP) is 4.09. The molecule has 0 amide bonds. The Labute approximate surface area is 107 Å². The van der Waals surface area contributed by atoms with E-state index in [0.29, 0.717) is 0 Å². The monoisotopic (exact) mass is 342 g/mol. The molecule has 0 aromatic carbocycles. The van der Waals surface area contributed by atoms with Crippen molar-refractivity contribution >= 4 is 26.5 Å². The van der Waals surface area contributed by atoms with Gasteiger partial charge in [-0.1, -0.05) is 0 Å². The van der Waals surface area contributed by atoms with Gasteiger partial charge in [-0.15, -0.1) is 0 Å². The van der Waals surface area contributed by atoms with Crippen LogP contribution in [0.15, 0.2) is 0 Å². The molecule has 0 rings (SSSR count). The van der Waals surface area contributed by atoms with Crippen LogP contribution in [0.2, 0.25) is 27.9 Å². The maximum absolute atomic E-state index is 3.53. The van der Waals surface area contributed by atoms with Crippen LogP contribution in [0.4, 0.5) is 0 Å². The average molecular weight is 341 g/mol. The van der Waals surface area contributed by atoms with Crippen molar-refractivity contribution in [1.29, 1.82) is 0 Å². The number of hydrogen-bond acceptors (Lipinski definition) is 0.